The monoisotopic (exact) mass is 336 g/mol. The summed E-state index contributed by atoms with van der Waals surface area (Å²) < 4.78 is 7.78. The van der Waals surface area contributed by atoms with Crippen LogP contribution in [-0.2, 0) is 6.61 Å². The van der Waals surface area contributed by atoms with Crippen LogP contribution >= 0.6 is 0 Å². The van der Waals surface area contributed by atoms with Gasteiger partial charge in [0.15, 0.2) is 0 Å². The molecule has 2 aromatic heterocycles. The van der Waals surface area contributed by atoms with Gasteiger partial charge < -0.3 is 19.8 Å². The highest BCUT2D eigenvalue weighted by Crippen LogP contribution is 2.18. The summed E-state index contributed by atoms with van der Waals surface area (Å²) >= 11 is 0. The van der Waals surface area contributed by atoms with E-state index in [1.165, 1.54) is 0 Å². The fourth-order valence-corrected chi connectivity index (χ4v) is 3.09. The normalized spacial score (nSPS) is 17.2. The Morgan fingerprint density at radius 1 is 1.28 bits per heavy atom. The lowest BCUT2D eigenvalue weighted by atomic mass is 10.2. The molecule has 2 N–H and O–H groups in total. The Bertz CT molecular complexity index is 872. The first-order valence-corrected chi connectivity index (χ1v) is 8.39. The molecule has 1 aliphatic heterocycles. The number of imidazole rings is 1. The number of carbonyl (C=O) groups excluding carboxylic acids is 1. The van der Waals surface area contributed by atoms with Crippen LogP contribution in [0.25, 0.3) is 5.65 Å². The quantitative estimate of drug-likeness (QED) is 0.792. The Morgan fingerprint density at radius 3 is 3.00 bits per heavy atom. The van der Waals surface area contributed by atoms with E-state index < -0.39 is 0 Å². The number of nitrogens with two attached hydrogens (primary N) is 1. The van der Waals surface area contributed by atoms with Crippen molar-refractivity contribution in [2.45, 2.75) is 19.1 Å². The highest BCUT2D eigenvalue weighted by molar-refractivity contribution is 5.94. The third kappa shape index (κ3) is 3.34. The van der Waals surface area contributed by atoms with Gasteiger partial charge in [-0.15, -0.1) is 0 Å². The maximum absolute atomic E-state index is 12.5. The summed E-state index contributed by atoms with van der Waals surface area (Å²) in [6, 6.07) is 13.2. The molecule has 1 saturated heterocycles. The molecule has 0 bridgehead atoms. The van der Waals surface area contributed by atoms with Crippen LogP contribution in [0.4, 0.5) is 0 Å². The van der Waals surface area contributed by atoms with Gasteiger partial charge in [0, 0.05) is 37.1 Å². The third-order valence-corrected chi connectivity index (χ3v) is 4.39. The third-order valence-electron chi connectivity index (χ3n) is 4.39. The molecular weight excluding hydrogens is 316 g/mol. The molecule has 3 heterocycles. The van der Waals surface area contributed by atoms with Gasteiger partial charge in [-0.2, -0.15) is 0 Å². The zero-order chi connectivity index (χ0) is 17.2. The Morgan fingerprint density at radius 2 is 2.20 bits per heavy atom. The van der Waals surface area contributed by atoms with Gasteiger partial charge in [-0.1, -0.05) is 12.1 Å². The van der Waals surface area contributed by atoms with E-state index in [4.69, 9.17) is 10.5 Å². The molecule has 0 saturated carbocycles. The number of carbonyl (C=O) groups is 1. The van der Waals surface area contributed by atoms with Gasteiger partial charge >= 0.3 is 0 Å². The summed E-state index contributed by atoms with van der Waals surface area (Å²) in [7, 11) is 0. The summed E-state index contributed by atoms with van der Waals surface area (Å²) in [6.07, 6.45) is 4.75. The van der Waals surface area contributed by atoms with E-state index in [9.17, 15) is 4.79 Å². The van der Waals surface area contributed by atoms with E-state index in [-0.39, 0.29) is 11.9 Å². The van der Waals surface area contributed by atoms with Crippen molar-refractivity contribution in [1.29, 1.82) is 0 Å². The zero-order valence-electron chi connectivity index (χ0n) is 13.8. The number of hydrogen-bond donors (Lipinski definition) is 1. The lowest BCUT2D eigenvalue weighted by Gasteiger charge is -2.16. The number of amides is 1. The second kappa shape index (κ2) is 6.57. The first-order chi connectivity index (χ1) is 12.2. The van der Waals surface area contributed by atoms with E-state index in [1.54, 1.807) is 11.0 Å². The highest BCUT2D eigenvalue weighted by Gasteiger charge is 2.24. The van der Waals surface area contributed by atoms with Gasteiger partial charge in [0.2, 0.25) is 0 Å². The van der Waals surface area contributed by atoms with Crippen molar-refractivity contribution in [1.82, 2.24) is 14.3 Å². The van der Waals surface area contributed by atoms with Crippen molar-refractivity contribution in [3.63, 3.8) is 0 Å². The topological polar surface area (TPSA) is 72.9 Å². The zero-order valence-corrected chi connectivity index (χ0v) is 13.8. The molecule has 128 valence electrons. The lowest BCUT2D eigenvalue weighted by molar-refractivity contribution is 0.0790. The molecule has 1 aliphatic rings. The molecule has 1 aromatic carbocycles. The summed E-state index contributed by atoms with van der Waals surface area (Å²) in [5, 5.41) is 0. The first-order valence-electron chi connectivity index (χ1n) is 8.39. The molecule has 1 amide bonds. The van der Waals surface area contributed by atoms with Crippen molar-refractivity contribution < 1.29 is 9.53 Å². The Hall–Kier alpha value is -2.86. The highest BCUT2D eigenvalue weighted by atomic mass is 16.5. The minimum Gasteiger partial charge on any atom is -0.487 e. The molecule has 0 radical (unpaired) electrons. The summed E-state index contributed by atoms with van der Waals surface area (Å²) in [5.74, 6) is 0.664. The first kappa shape index (κ1) is 15.7. The van der Waals surface area contributed by atoms with Gasteiger partial charge in [0.1, 0.15) is 18.0 Å². The van der Waals surface area contributed by atoms with E-state index >= 15 is 0 Å². The number of fused-ring (bicyclic) bond motifs is 1. The lowest BCUT2D eigenvalue weighted by Crippen LogP contribution is -2.31. The number of rotatable bonds is 4. The molecular formula is C19H20N4O2. The van der Waals surface area contributed by atoms with Crippen molar-refractivity contribution in [2.24, 2.45) is 5.73 Å². The number of pyridine rings is 1. The second-order valence-electron chi connectivity index (χ2n) is 6.31. The molecule has 0 unspecified atom stereocenters. The molecule has 3 aromatic rings. The standard InChI is InChI=1S/C19H20N4O2/c20-15-7-9-23(11-15)19(24)14-4-3-5-17(10-14)25-13-16-12-22-8-2-1-6-18(22)21-16/h1-6,8,10,12,15H,7,9,11,13,20H2/t15-/m0/s1. The molecule has 6 nitrogen and oxygen atoms in total. The minimum absolute atomic E-state index is 0.00568. The van der Waals surface area contributed by atoms with Crippen molar-refractivity contribution >= 4 is 11.6 Å². The molecule has 6 heteroatoms. The van der Waals surface area contributed by atoms with Crippen LogP contribution in [0.15, 0.2) is 54.9 Å². The largest absolute Gasteiger partial charge is 0.487 e. The number of aromatic nitrogens is 2. The molecule has 1 fully saturated rings. The van der Waals surface area contributed by atoms with Crippen LogP contribution in [-0.4, -0.2) is 39.3 Å². The van der Waals surface area contributed by atoms with Crippen LogP contribution < -0.4 is 10.5 Å². The summed E-state index contributed by atoms with van der Waals surface area (Å²) in [4.78, 5) is 18.8. The Balaban J connectivity index is 1.45. The Kier molecular flexibility index (Phi) is 4.11. The molecule has 25 heavy (non-hydrogen) atoms. The van der Waals surface area contributed by atoms with Crippen molar-refractivity contribution in [3.05, 3.63) is 66.1 Å². The fraction of sp³-hybridized carbons (Fsp3) is 0.263. The second-order valence-corrected chi connectivity index (χ2v) is 6.31. The van der Waals surface area contributed by atoms with Gasteiger partial charge in [-0.25, -0.2) is 4.98 Å². The SMILES string of the molecule is N[C@H]1CCN(C(=O)c2cccc(OCc3cn4ccccc4n3)c2)C1. The number of hydrogen-bond acceptors (Lipinski definition) is 4. The van der Waals surface area contributed by atoms with Crippen LogP contribution in [0.3, 0.4) is 0 Å². The number of likely N-dealkylation sites (tertiary alicyclic amines) is 1. The minimum atomic E-state index is 0.00568. The van der Waals surface area contributed by atoms with E-state index in [0.29, 0.717) is 31.0 Å². The average Bonchev–Trinajstić information content (AvgIpc) is 3.25. The Labute approximate surface area is 145 Å². The van der Waals surface area contributed by atoms with Gasteiger partial charge in [-0.3, -0.25) is 4.79 Å². The van der Waals surface area contributed by atoms with Crippen LogP contribution in [0, 0.1) is 0 Å². The number of ether oxygens (including phenoxy) is 1. The average molecular weight is 336 g/mol. The van der Waals surface area contributed by atoms with E-state index in [0.717, 1.165) is 17.8 Å². The molecule has 4 rings (SSSR count). The van der Waals surface area contributed by atoms with Crippen LogP contribution in [0.1, 0.15) is 22.5 Å². The van der Waals surface area contributed by atoms with Crippen molar-refractivity contribution in [3.8, 4) is 5.75 Å². The maximum atomic E-state index is 12.5. The van der Waals surface area contributed by atoms with Gasteiger partial charge in [0.05, 0.1) is 5.69 Å². The van der Waals surface area contributed by atoms with Gasteiger partial charge in [-0.05, 0) is 36.8 Å². The molecule has 0 aliphatic carbocycles. The van der Waals surface area contributed by atoms with Crippen molar-refractivity contribution in [2.75, 3.05) is 13.1 Å². The van der Waals surface area contributed by atoms with Crippen LogP contribution in [0.2, 0.25) is 0 Å². The predicted molar refractivity (Wildman–Crippen MR) is 94.5 cm³/mol. The predicted octanol–water partition coefficient (Wildman–Crippen LogP) is 2.09. The fourth-order valence-electron chi connectivity index (χ4n) is 3.09. The summed E-state index contributed by atoms with van der Waals surface area (Å²) in [5.41, 5.74) is 8.24. The molecule has 1 atom stereocenters. The van der Waals surface area contributed by atoms with E-state index in [2.05, 4.69) is 4.98 Å². The molecule has 0 spiro atoms. The smallest absolute Gasteiger partial charge is 0.254 e. The van der Waals surface area contributed by atoms with Gasteiger partial charge in [0.25, 0.3) is 5.91 Å². The van der Waals surface area contributed by atoms with Crippen LogP contribution in [0.5, 0.6) is 5.75 Å². The van der Waals surface area contributed by atoms with E-state index in [1.807, 2.05) is 53.2 Å². The number of benzene rings is 1. The number of nitrogens with zero attached hydrogens (tertiary/aromatic N) is 3. The maximum Gasteiger partial charge on any atom is 0.254 e. The summed E-state index contributed by atoms with van der Waals surface area (Å²) in [6.45, 7) is 1.69.